The molecule has 6 heteroatoms. The molecular weight excluding hydrogens is 316 g/mol. The number of rotatable bonds is 6. The molecule has 1 aromatic rings. The number of carboxylic acids is 1. The number of esters is 1. The molecule has 1 rings (SSSR count). The topological polar surface area (TPSA) is 80.7 Å². The number of benzene rings is 1. The lowest BCUT2D eigenvalue weighted by Gasteiger charge is -2.06. The van der Waals surface area contributed by atoms with Crippen molar-refractivity contribution >= 4 is 33.7 Å². The normalized spacial score (nSPS) is 10.0. The number of halogens is 1. The molecule has 1 aromatic carbocycles. The minimum absolute atomic E-state index is 0.0390. The Balaban J connectivity index is 3.14. The van der Waals surface area contributed by atoms with E-state index in [0.29, 0.717) is 5.56 Å². The van der Waals surface area contributed by atoms with E-state index in [0.717, 1.165) is 0 Å². The number of Topliss-reactive ketones (excluding diaryl/α,β-unsaturated/α-hetero) is 1. The number of carbonyl (C=O) groups excluding carboxylic acids is 2. The van der Waals surface area contributed by atoms with Crippen molar-refractivity contribution in [2.24, 2.45) is 0 Å². The van der Waals surface area contributed by atoms with Gasteiger partial charge in [-0.3, -0.25) is 4.79 Å². The molecule has 0 aliphatic heterocycles. The number of ketones is 1. The largest absolute Gasteiger partial charge is 0.478 e. The smallest absolute Gasteiger partial charge is 0.338 e. The van der Waals surface area contributed by atoms with Gasteiger partial charge in [0.05, 0.1) is 23.1 Å². The molecule has 19 heavy (non-hydrogen) atoms. The lowest BCUT2D eigenvalue weighted by Crippen LogP contribution is -2.10. The van der Waals surface area contributed by atoms with E-state index in [1.54, 1.807) is 6.92 Å². The zero-order valence-electron chi connectivity index (χ0n) is 10.3. The third kappa shape index (κ3) is 4.48. The highest BCUT2D eigenvalue weighted by Gasteiger charge is 2.14. The minimum Gasteiger partial charge on any atom is -0.478 e. The second-order valence-corrected chi connectivity index (χ2v) is 4.35. The summed E-state index contributed by atoms with van der Waals surface area (Å²) in [5, 5.41) is 9.17. The van der Waals surface area contributed by atoms with Crippen molar-refractivity contribution in [2.45, 2.75) is 13.3 Å². The Bertz CT molecular complexity index is 510. The number of carbonyl (C=O) groups is 3. The zero-order valence-corrected chi connectivity index (χ0v) is 11.9. The Morgan fingerprint density at radius 1 is 1.21 bits per heavy atom. The molecule has 0 fully saturated rings. The SMILES string of the molecule is CCOC(=O)c1cc(CC(=O)CBr)cc(C(=O)O)c1. The van der Waals surface area contributed by atoms with E-state index in [2.05, 4.69) is 15.9 Å². The van der Waals surface area contributed by atoms with Crippen LogP contribution in [-0.2, 0) is 16.0 Å². The highest BCUT2D eigenvalue weighted by molar-refractivity contribution is 9.09. The van der Waals surface area contributed by atoms with Gasteiger partial charge in [0.2, 0.25) is 0 Å². The molecule has 0 saturated heterocycles. The first-order chi connectivity index (χ1) is 8.97. The van der Waals surface area contributed by atoms with Crippen molar-refractivity contribution in [1.82, 2.24) is 0 Å². The van der Waals surface area contributed by atoms with Gasteiger partial charge < -0.3 is 9.84 Å². The van der Waals surface area contributed by atoms with E-state index in [4.69, 9.17) is 9.84 Å². The maximum absolute atomic E-state index is 11.6. The van der Waals surface area contributed by atoms with Crippen molar-refractivity contribution in [2.75, 3.05) is 11.9 Å². The Kier molecular flexibility index (Phi) is 5.69. The maximum Gasteiger partial charge on any atom is 0.338 e. The Hall–Kier alpha value is -1.69. The van der Waals surface area contributed by atoms with Crippen LogP contribution in [0.15, 0.2) is 18.2 Å². The number of aromatic carboxylic acids is 1. The summed E-state index contributed by atoms with van der Waals surface area (Å²) in [6, 6.07) is 4.10. The van der Waals surface area contributed by atoms with E-state index in [1.165, 1.54) is 18.2 Å². The quantitative estimate of drug-likeness (QED) is 0.638. The van der Waals surface area contributed by atoms with E-state index >= 15 is 0 Å². The minimum atomic E-state index is -1.15. The molecular formula is C13H13BrO5. The van der Waals surface area contributed by atoms with Gasteiger partial charge in [-0.15, -0.1) is 0 Å². The molecule has 0 aromatic heterocycles. The van der Waals surface area contributed by atoms with Gasteiger partial charge in [0, 0.05) is 6.42 Å². The molecule has 0 aliphatic carbocycles. The zero-order chi connectivity index (χ0) is 14.4. The van der Waals surface area contributed by atoms with Gasteiger partial charge in [-0.25, -0.2) is 9.59 Å². The molecule has 0 aliphatic rings. The van der Waals surface area contributed by atoms with Gasteiger partial charge in [-0.1, -0.05) is 15.9 Å². The van der Waals surface area contributed by atoms with Crippen molar-refractivity contribution in [3.63, 3.8) is 0 Å². The molecule has 1 N–H and O–H groups in total. The molecule has 0 spiro atoms. The molecule has 0 amide bonds. The van der Waals surface area contributed by atoms with Crippen LogP contribution in [0.5, 0.6) is 0 Å². The van der Waals surface area contributed by atoms with Crippen LogP contribution in [0.2, 0.25) is 0 Å². The molecule has 0 atom stereocenters. The predicted octanol–water partition coefficient (Wildman–Crippen LogP) is 2.07. The molecule has 102 valence electrons. The van der Waals surface area contributed by atoms with Gasteiger partial charge in [-0.05, 0) is 30.7 Å². The van der Waals surface area contributed by atoms with Crippen LogP contribution in [-0.4, -0.2) is 34.8 Å². The second kappa shape index (κ2) is 7.04. The number of alkyl halides is 1. The molecule has 0 unspecified atom stereocenters. The summed E-state index contributed by atoms with van der Waals surface area (Å²) in [5.74, 6) is -1.85. The first-order valence-corrected chi connectivity index (χ1v) is 6.72. The van der Waals surface area contributed by atoms with Gasteiger partial charge in [-0.2, -0.15) is 0 Å². The Labute approximate surface area is 118 Å². The van der Waals surface area contributed by atoms with Gasteiger partial charge in [0.25, 0.3) is 0 Å². The van der Waals surface area contributed by atoms with Crippen LogP contribution in [0.4, 0.5) is 0 Å². The number of hydrogen-bond donors (Lipinski definition) is 1. The summed E-state index contributed by atoms with van der Waals surface area (Å²) in [6.07, 6.45) is 0.0682. The van der Waals surface area contributed by atoms with Crippen molar-refractivity contribution in [1.29, 1.82) is 0 Å². The van der Waals surface area contributed by atoms with Crippen LogP contribution < -0.4 is 0 Å². The summed E-state index contributed by atoms with van der Waals surface area (Å²) in [5.41, 5.74) is 0.578. The van der Waals surface area contributed by atoms with Crippen LogP contribution in [0.3, 0.4) is 0 Å². The summed E-state index contributed by atoms with van der Waals surface area (Å²) >= 11 is 3.03. The van der Waals surface area contributed by atoms with E-state index < -0.39 is 11.9 Å². The molecule has 5 nitrogen and oxygen atoms in total. The van der Waals surface area contributed by atoms with E-state index in [-0.39, 0.29) is 35.3 Å². The fourth-order valence-electron chi connectivity index (χ4n) is 1.52. The summed E-state index contributed by atoms with van der Waals surface area (Å²) < 4.78 is 4.82. The van der Waals surface area contributed by atoms with Crippen molar-refractivity contribution in [3.05, 3.63) is 34.9 Å². The second-order valence-electron chi connectivity index (χ2n) is 3.79. The number of hydrogen-bond acceptors (Lipinski definition) is 4. The summed E-state index contributed by atoms with van der Waals surface area (Å²) in [7, 11) is 0. The third-order valence-electron chi connectivity index (χ3n) is 2.30. The van der Waals surface area contributed by atoms with Gasteiger partial charge in [0.15, 0.2) is 0 Å². The first kappa shape index (κ1) is 15.4. The number of ether oxygens (including phenoxy) is 1. The molecule has 0 radical (unpaired) electrons. The van der Waals surface area contributed by atoms with Crippen molar-refractivity contribution in [3.8, 4) is 0 Å². The van der Waals surface area contributed by atoms with Crippen LogP contribution in [0.1, 0.15) is 33.2 Å². The summed E-state index contributed by atoms with van der Waals surface area (Å²) in [4.78, 5) is 34.0. The lowest BCUT2D eigenvalue weighted by molar-refractivity contribution is -0.115. The molecule has 0 heterocycles. The van der Waals surface area contributed by atoms with Gasteiger partial charge >= 0.3 is 11.9 Å². The van der Waals surface area contributed by atoms with Crippen molar-refractivity contribution < 1.29 is 24.2 Å². The molecule has 0 bridgehead atoms. The Morgan fingerprint density at radius 3 is 2.37 bits per heavy atom. The number of carboxylic acid groups (broad SMARTS) is 1. The fourth-order valence-corrected chi connectivity index (χ4v) is 1.72. The highest BCUT2D eigenvalue weighted by Crippen LogP contribution is 2.13. The Morgan fingerprint density at radius 2 is 1.84 bits per heavy atom. The molecule has 0 saturated carbocycles. The third-order valence-corrected chi connectivity index (χ3v) is 2.93. The summed E-state index contributed by atoms with van der Waals surface area (Å²) in [6.45, 7) is 1.86. The highest BCUT2D eigenvalue weighted by atomic mass is 79.9. The average molecular weight is 329 g/mol. The van der Waals surface area contributed by atoms with Crippen LogP contribution in [0, 0.1) is 0 Å². The maximum atomic E-state index is 11.6. The lowest BCUT2D eigenvalue weighted by atomic mass is 10.0. The standard InChI is InChI=1S/C13H13BrO5/c1-2-19-13(18)10-4-8(5-11(15)7-14)3-9(6-10)12(16)17/h3-4,6H,2,5,7H2,1H3,(H,16,17). The van der Waals surface area contributed by atoms with Crippen LogP contribution >= 0.6 is 15.9 Å². The monoisotopic (exact) mass is 328 g/mol. The average Bonchev–Trinajstić information content (AvgIpc) is 2.38. The van der Waals surface area contributed by atoms with Gasteiger partial charge in [0.1, 0.15) is 5.78 Å². The van der Waals surface area contributed by atoms with E-state index in [1.807, 2.05) is 0 Å². The fraction of sp³-hybridized carbons (Fsp3) is 0.308. The first-order valence-electron chi connectivity index (χ1n) is 5.60. The van der Waals surface area contributed by atoms with Crippen LogP contribution in [0.25, 0.3) is 0 Å². The van der Waals surface area contributed by atoms with E-state index in [9.17, 15) is 14.4 Å². The predicted molar refractivity (Wildman–Crippen MR) is 71.9 cm³/mol.